The van der Waals surface area contributed by atoms with Crippen molar-refractivity contribution < 1.29 is 13.5 Å². The van der Waals surface area contributed by atoms with Crippen molar-refractivity contribution in [3.63, 3.8) is 0 Å². The maximum absolute atomic E-state index is 11.7. The van der Waals surface area contributed by atoms with Crippen LogP contribution in [0.5, 0.6) is 0 Å². The molecule has 1 aromatic rings. The van der Waals surface area contributed by atoms with Gasteiger partial charge in [0.2, 0.25) is 0 Å². The average Bonchev–Trinajstić information content (AvgIpc) is 2.59. The predicted molar refractivity (Wildman–Crippen MR) is 48.6 cm³/mol. The van der Waals surface area contributed by atoms with Crippen molar-refractivity contribution >= 4 is 11.6 Å². The first-order valence-electron chi connectivity index (χ1n) is 4.15. The Hall–Kier alpha value is -0.680. The van der Waals surface area contributed by atoms with E-state index in [2.05, 4.69) is 4.98 Å². The van der Waals surface area contributed by atoms with Crippen molar-refractivity contribution in [1.29, 1.82) is 0 Å². The number of nitrogens with zero attached hydrogens (tertiary/aromatic N) is 2. The normalized spacial score (nSPS) is 11.1. The van der Waals surface area contributed by atoms with Crippen LogP contribution in [0.3, 0.4) is 0 Å². The van der Waals surface area contributed by atoms with Crippen molar-refractivity contribution in [2.45, 2.75) is 18.9 Å². The molecule has 0 aromatic carbocycles. The fourth-order valence-electron chi connectivity index (χ4n) is 0.996. The summed E-state index contributed by atoms with van der Waals surface area (Å²) in [5.41, 5.74) is 0.854. The van der Waals surface area contributed by atoms with Gasteiger partial charge in [-0.15, -0.1) is 11.6 Å². The Labute approximate surface area is 85.6 Å². The number of imidazole rings is 1. The third-order valence-corrected chi connectivity index (χ3v) is 1.93. The van der Waals surface area contributed by atoms with Gasteiger partial charge in [-0.3, -0.25) is 0 Å². The Bertz CT molecular complexity index is 268. The number of alkyl halides is 3. The van der Waals surface area contributed by atoms with Crippen molar-refractivity contribution in [3.05, 3.63) is 18.2 Å². The van der Waals surface area contributed by atoms with Gasteiger partial charge in [0.25, 0.3) is 6.43 Å². The molecule has 0 bridgehead atoms. The van der Waals surface area contributed by atoms with Gasteiger partial charge in [-0.2, -0.15) is 0 Å². The van der Waals surface area contributed by atoms with Gasteiger partial charge in [-0.1, -0.05) is 0 Å². The molecular formula is C8H11ClF2N2O. The fraction of sp³-hybridized carbons (Fsp3) is 0.625. The zero-order chi connectivity index (χ0) is 10.4. The molecule has 0 aliphatic carbocycles. The number of halogens is 3. The quantitative estimate of drug-likeness (QED) is 0.545. The fourth-order valence-corrected chi connectivity index (χ4v) is 1.22. The topological polar surface area (TPSA) is 27.1 Å². The van der Waals surface area contributed by atoms with Crippen LogP contribution in [-0.2, 0) is 17.2 Å². The van der Waals surface area contributed by atoms with Crippen molar-refractivity contribution in [2.75, 3.05) is 13.2 Å². The van der Waals surface area contributed by atoms with Crippen LogP contribution >= 0.6 is 11.6 Å². The Kier molecular flexibility index (Phi) is 4.82. The van der Waals surface area contributed by atoms with Crippen LogP contribution in [0.25, 0.3) is 0 Å². The third kappa shape index (κ3) is 3.59. The second kappa shape index (κ2) is 5.93. The van der Waals surface area contributed by atoms with Crippen LogP contribution in [0, 0.1) is 0 Å². The lowest BCUT2D eigenvalue weighted by Crippen LogP contribution is -2.11. The second-order valence-corrected chi connectivity index (χ2v) is 2.95. The first-order valence-corrected chi connectivity index (χ1v) is 4.68. The van der Waals surface area contributed by atoms with Crippen LogP contribution in [-0.4, -0.2) is 29.2 Å². The van der Waals surface area contributed by atoms with E-state index in [0.29, 0.717) is 12.4 Å². The lowest BCUT2D eigenvalue weighted by Gasteiger charge is -2.06. The van der Waals surface area contributed by atoms with Crippen LogP contribution in [0.1, 0.15) is 5.69 Å². The number of rotatable bonds is 6. The minimum absolute atomic E-state index is 0.241. The molecule has 0 spiro atoms. The van der Waals surface area contributed by atoms with E-state index in [1.165, 1.54) is 0 Å². The van der Waals surface area contributed by atoms with E-state index in [1.807, 2.05) is 0 Å². The van der Waals surface area contributed by atoms with Gasteiger partial charge in [0.1, 0.15) is 6.61 Å². The van der Waals surface area contributed by atoms with Crippen molar-refractivity contribution in [1.82, 2.24) is 9.55 Å². The summed E-state index contributed by atoms with van der Waals surface area (Å²) in [5, 5.41) is 0. The standard InChI is InChI=1S/C8H11ClF2N2O/c9-3-7-4-12-6-13(7)1-2-14-5-8(10)11/h4,6,8H,1-3,5H2. The summed E-state index contributed by atoms with van der Waals surface area (Å²) in [7, 11) is 0. The number of hydrogen-bond acceptors (Lipinski definition) is 2. The molecule has 0 aliphatic heterocycles. The van der Waals surface area contributed by atoms with Gasteiger partial charge in [0.05, 0.1) is 24.5 Å². The molecule has 3 nitrogen and oxygen atoms in total. The summed E-state index contributed by atoms with van der Waals surface area (Å²) in [6.45, 7) is 0.213. The second-order valence-electron chi connectivity index (χ2n) is 2.68. The van der Waals surface area contributed by atoms with Crippen molar-refractivity contribution in [2.24, 2.45) is 0 Å². The highest BCUT2D eigenvalue weighted by molar-refractivity contribution is 6.16. The van der Waals surface area contributed by atoms with Gasteiger partial charge >= 0.3 is 0 Å². The van der Waals surface area contributed by atoms with E-state index < -0.39 is 13.0 Å². The van der Waals surface area contributed by atoms with Crippen LogP contribution in [0.15, 0.2) is 12.5 Å². The summed E-state index contributed by atoms with van der Waals surface area (Å²) in [5.74, 6) is 0.356. The lowest BCUT2D eigenvalue weighted by molar-refractivity contribution is 0.0146. The molecule has 0 N–H and O–H groups in total. The van der Waals surface area contributed by atoms with Gasteiger partial charge < -0.3 is 9.30 Å². The Morgan fingerprint density at radius 1 is 1.57 bits per heavy atom. The summed E-state index contributed by atoms with van der Waals surface area (Å²) in [4.78, 5) is 3.88. The van der Waals surface area contributed by atoms with E-state index in [9.17, 15) is 8.78 Å². The zero-order valence-electron chi connectivity index (χ0n) is 7.50. The maximum Gasteiger partial charge on any atom is 0.261 e. The molecule has 14 heavy (non-hydrogen) atoms. The molecule has 0 saturated heterocycles. The van der Waals surface area contributed by atoms with Gasteiger partial charge in [0, 0.05) is 12.7 Å². The van der Waals surface area contributed by atoms with E-state index in [4.69, 9.17) is 16.3 Å². The van der Waals surface area contributed by atoms with E-state index in [-0.39, 0.29) is 6.61 Å². The van der Waals surface area contributed by atoms with Crippen LogP contribution in [0.2, 0.25) is 0 Å². The minimum atomic E-state index is -2.41. The largest absolute Gasteiger partial charge is 0.374 e. The van der Waals surface area contributed by atoms with Gasteiger partial charge in [0.15, 0.2) is 0 Å². The average molecular weight is 225 g/mol. The van der Waals surface area contributed by atoms with Gasteiger partial charge in [-0.25, -0.2) is 13.8 Å². The lowest BCUT2D eigenvalue weighted by atomic mass is 10.5. The predicted octanol–water partition coefficient (Wildman–Crippen LogP) is 1.90. The molecule has 0 amide bonds. The highest BCUT2D eigenvalue weighted by atomic mass is 35.5. The highest BCUT2D eigenvalue weighted by Gasteiger charge is 2.03. The molecule has 0 fully saturated rings. The van der Waals surface area contributed by atoms with Crippen LogP contribution < -0.4 is 0 Å². The first-order chi connectivity index (χ1) is 6.74. The summed E-state index contributed by atoms with van der Waals surface area (Å²) < 4.78 is 29.9. The highest BCUT2D eigenvalue weighted by Crippen LogP contribution is 2.03. The monoisotopic (exact) mass is 224 g/mol. The number of hydrogen-bond donors (Lipinski definition) is 0. The number of ether oxygens (including phenoxy) is 1. The Morgan fingerprint density at radius 3 is 3.00 bits per heavy atom. The Balaban J connectivity index is 2.24. The molecule has 0 unspecified atom stereocenters. The first kappa shape index (κ1) is 11.4. The summed E-state index contributed by atoms with van der Waals surface area (Å²) in [6, 6.07) is 0. The molecule has 6 heteroatoms. The van der Waals surface area contributed by atoms with E-state index in [0.717, 1.165) is 5.69 Å². The molecule has 0 radical (unpaired) electrons. The maximum atomic E-state index is 11.7. The van der Waals surface area contributed by atoms with Crippen molar-refractivity contribution in [3.8, 4) is 0 Å². The zero-order valence-corrected chi connectivity index (χ0v) is 8.25. The smallest absolute Gasteiger partial charge is 0.261 e. The molecule has 0 aliphatic rings. The number of aromatic nitrogens is 2. The third-order valence-electron chi connectivity index (χ3n) is 1.66. The molecule has 1 aromatic heterocycles. The molecule has 80 valence electrons. The van der Waals surface area contributed by atoms with Crippen LogP contribution in [0.4, 0.5) is 8.78 Å². The SMILES string of the molecule is FC(F)COCCn1cncc1CCl. The minimum Gasteiger partial charge on any atom is -0.374 e. The molecule has 1 heterocycles. The summed E-state index contributed by atoms with van der Waals surface area (Å²) >= 11 is 5.62. The molecule has 0 saturated carbocycles. The molecule has 1 rings (SSSR count). The molecule has 0 atom stereocenters. The van der Waals surface area contributed by atoms with E-state index >= 15 is 0 Å². The van der Waals surface area contributed by atoms with Gasteiger partial charge in [-0.05, 0) is 0 Å². The summed E-state index contributed by atoms with van der Waals surface area (Å²) in [6.07, 6.45) is 0.828. The Morgan fingerprint density at radius 2 is 2.36 bits per heavy atom. The molecular weight excluding hydrogens is 214 g/mol. The van der Waals surface area contributed by atoms with E-state index in [1.54, 1.807) is 17.1 Å².